The van der Waals surface area contributed by atoms with Crippen LogP contribution in [-0.4, -0.2) is 30.1 Å². The van der Waals surface area contributed by atoms with Crippen molar-refractivity contribution in [3.05, 3.63) is 28.5 Å². The van der Waals surface area contributed by atoms with Gasteiger partial charge < -0.3 is 10.1 Å². The van der Waals surface area contributed by atoms with Crippen LogP contribution in [0.3, 0.4) is 0 Å². The summed E-state index contributed by atoms with van der Waals surface area (Å²) < 4.78 is 6.12. The van der Waals surface area contributed by atoms with Gasteiger partial charge in [-0.1, -0.05) is 6.07 Å². The Kier molecular flexibility index (Phi) is 4.12. The molecule has 92 valence electrons. The van der Waals surface area contributed by atoms with E-state index in [9.17, 15) is 4.79 Å². The fourth-order valence-electron chi connectivity index (χ4n) is 1.89. The van der Waals surface area contributed by atoms with Crippen molar-refractivity contribution in [2.75, 3.05) is 13.2 Å². The van der Waals surface area contributed by atoms with Crippen LogP contribution in [0, 0.1) is 5.92 Å². The van der Waals surface area contributed by atoms with Gasteiger partial charge in [0.05, 0.1) is 6.10 Å². The number of amides is 1. The lowest BCUT2D eigenvalue weighted by atomic mass is 10.0. The molecule has 1 aliphatic heterocycles. The second-order valence-corrected chi connectivity index (χ2v) is 4.99. The van der Waals surface area contributed by atoms with Gasteiger partial charge in [0.2, 0.25) is 0 Å². The highest BCUT2D eigenvalue weighted by atomic mass is 79.9. The van der Waals surface area contributed by atoms with Crippen LogP contribution in [0.4, 0.5) is 0 Å². The maximum atomic E-state index is 11.8. The molecule has 1 saturated heterocycles. The van der Waals surface area contributed by atoms with Crippen LogP contribution in [0.2, 0.25) is 0 Å². The molecule has 1 amide bonds. The minimum Gasteiger partial charge on any atom is -0.378 e. The van der Waals surface area contributed by atoms with E-state index in [-0.39, 0.29) is 12.0 Å². The molecule has 2 heterocycles. The predicted octanol–water partition coefficient (Wildman–Crippen LogP) is 2.00. The lowest BCUT2D eigenvalue weighted by Gasteiger charge is -2.14. The second kappa shape index (κ2) is 5.60. The molecule has 0 saturated carbocycles. The zero-order chi connectivity index (χ0) is 12.3. The van der Waals surface area contributed by atoms with Crippen LogP contribution in [0.5, 0.6) is 0 Å². The zero-order valence-corrected chi connectivity index (χ0v) is 11.2. The van der Waals surface area contributed by atoms with Crippen LogP contribution in [0.15, 0.2) is 22.8 Å². The highest BCUT2D eigenvalue weighted by Gasteiger charge is 2.24. The number of carbonyl (C=O) groups is 1. The van der Waals surface area contributed by atoms with Gasteiger partial charge in [-0.15, -0.1) is 0 Å². The van der Waals surface area contributed by atoms with Crippen LogP contribution < -0.4 is 5.32 Å². The summed E-state index contributed by atoms with van der Waals surface area (Å²) in [5, 5.41) is 2.90. The lowest BCUT2D eigenvalue weighted by molar-refractivity contribution is 0.0903. The van der Waals surface area contributed by atoms with Crippen molar-refractivity contribution in [2.45, 2.75) is 19.4 Å². The van der Waals surface area contributed by atoms with Gasteiger partial charge in [0, 0.05) is 19.1 Å². The fourth-order valence-corrected chi connectivity index (χ4v) is 2.24. The highest BCUT2D eigenvalue weighted by Crippen LogP contribution is 2.19. The monoisotopic (exact) mass is 298 g/mol. The average Bonchev–Trinajstić information content (AvgIpc) is 2.72. The van der Waals surface area contributed by atoms with Gasteiger partial charge in [0.25, 0.3) is 5.91 Å². The van der Waals surface area contributed by atoms with E-state index in [4.69, 9.17) is 4.74 Å². The van der Waals surface area contributed by atoms with Crippen molar-refractivity contribution in [3.8, 4) is 0 Å². The first kappa shape index (κ1) is 12.5. The van der Waals surface area contributed by atoms with Gasteiger partial charge in [0.15, 0.2) is 0 Å². The average molecular weight is 299 g/mol. The molecule has 5 heteroatoms. The maximum absolute atomic E-state index is 11.8. The molecular weight excluding hydrogens is 284 g/mol. The largest absolute Gasteiger partial charge is 0.378 e. The van der Waals surface area contributed by atoms with E-state index >= 15 is 0 Å². The molecular formula is C12H15BrN2O2. The van der Waals surface area contributed by atoms with Gasteiger partial charge in [-0.25, -0.2) is 4.98 Å². The number of nitrogens with one attached hydrogen (secondary N) is 1. The summed E-state index contributed by atoms with van der Waals surface area (Å²) in [5.74, 6) is 0.275. The third-order valence-electron chi connectivity index (χ3n) is 3.01. The van der Waals surface area contributed by atoms with E-state index in [1.165, 1.54) is 0 Å². The molecule has 2 rings (SSSR count). The third-order valence-corrected chi connectivity index (χ3v) is 3.45. The first-order valence-electron chi connectivity index (χ1n) is 5.69. The highest BCUT2D eigenvalue weighted by molar-refractivity contribution is 9.10. The van der Waals surface area contributed by atoms with E-state index in [0.717, 1.165) is 13.0 Å². The quantitative estimate of drug-likeness (QED) is 0.869. The molecule has 0 spiro atoms. The minimum absolute atomic E-state index is 0.134. The number of rotatable bonds is 3. The van der Waals surface area contributed by atoms with Crippen LogP contribution in [0.25, 0.3) is 0 Å². The Morgan fingerprint density at radius 1 is 1.65 bits per heavy atom. The third kappa shape index (κ3) is 3.26. The summed E-state index contributed by atoms with van der Waals surface area (Å²) in [6, 6.07) is 5.30. The fraction of sp³-hybridized carbons (Fsp3) is 0.500. The van der Waals surface area contributed by atoms with E-state index in [0.29, 0.717) is 22.8 Å². The number of ether oxygens (including phenoxy) is 1. The van der Waals surface area contributed by atoms with E-state index in [2.05, 4.69) is 26.2 Å². The normalized spacial score (nSPS) is 23.6. The lowest BCUT2D eigenvalue weighted by Crippen LogP contribution is -2.32. The predicted molar refractivity (Wildman–Crippen MR) is 67.8 cm³/mol. The van der Waals surface area contributed by atoms with Crippen molar-refractivity contribution in [1.29, 1.82) is 0 Å². The topological polar surface area (TPSA) is 51.2 Å². The van der Waals surface area contributed by atoms with Crippen molar-refractivity contribution in [3.63, 3.8) is 0 Å². The molecule has 0 aliphatic carbocycles. The summed E-state index contributed by atoms with van der Waals surface area (Å²) in [7, 11) is 0. The van der Waals surface area contributed by atoms with Gasteiger partial charge in [0.1, 0.15) is 10.3 Å². The van der Waals surface area contributed by atoms with Gasteiger partial charge in [-0.2, -0.15) is 0 Å². The number of hydrogen-bond donors (Lipinski definition) is 1. The molecule has 17 heavy (non-hydrogen) atoms. The van der Waals surface area contributed by atoms with Crippen LogP contribution in [0.1, 0.15) is 23.8 Å². The Morgan fingerprint density at radius 3 is 3.12 bits per heavy atom. The van der Waals surface area contributed by atoms with Crippen LogP contribution >= 0.6 is 15.9 Å². The number of hydrogen-bond acceptors (Lipinski definition) is 3. The Bertz CT molecular complexity index is 411. The first-order valence-corrected chi connectivity index (χ1v) is 6.48. The minimum atomic E-state index is -0.134. The molecule has 1 aromatic heterocycles. The smallest absolute Gasteiger partial charge is 0.269 e. The molecule has 0 bridgehead atoms. The van der Waals surface area contributed by atoms with Gasteiger partial charge in [-0.05, 0) is 41.4 Å². The van der Waals surface area contributed by atoms with E-state index < -0.39 is 0 Å². The van der Waals surface area contributed by atoms with E-state index in [1.54, 1.807) is 18.2 Å². The number of aromatic nitrogens is 1. The maximum Gasteiger partial charge on any atom is 0.269 e. The molecule has 1 N–H and O–H groups in total. The first-order chi connectivity index (χ1) is 8.16. The molecule has 1 fully saturated rings. The number of pyridine rings is 1. The zero-order valence-electron chi connectivity index (χ0n) is 9.65. The van der Waals surface area contributed by atoms with Gasteiger partial charge in [-0.3, -0.25) is 4.79 Å². The van der Waals surface area contributed by atoms with Crippen LogP contribution in [-0.2, 0) is 4.74 Å². The Morgan fingerprint density at radius 2 is 2.47 bits per heavy atom. The second-order valence-electron chi connectivity index (χ2n) is 4.18. The SMILES string of the molecule is CC1OCCC1CNC(=O)c1cccc(Br)n1. The number of carbonyl (C=O) groups excluding carboxylic acids is 1. The number of nitrogens with zero attached hydrogens (tertiary/aromatic N) is 1. The van der Waals surface area contributed by atoms with Crippen molar-refractivity contribution < 1.29 is 9.53 Å². The Hall–Kier alpha value is -0.940. The standard InChI is InChI=1S/C12H15BrN2O2/c1-8-9(5-6-17-8)7-14-12(16)10-3-2-4-11(13)15-10/h2-4,8-9H,5-7H2,1H3,(H,14,16). The summed E-state index contributed by atoms with van der Waals surface area (Å²) in [6.45, 7) is 3.48. The van der Waals surface area contributed by atoms with Gasteiger partial charge >= 0.3 is 0 Å². The van der Waals surface area contributed by atoms with Crippen molar-refractivity contribution in [1.82, 2.24) is 10.3 Å². The van der Waals surface area contributed by atoms with E-state index in [1.807, 2.05) is 6.92 Å². The molecule has 1 aromatic rings. The summed E-state index contributed by atoms with van der Waals surface area (Å²) in [6.07, 6.45) is 1.23. The number of halogens is 1. The molecule has 2 unspecified atom stereocenters. The van der Waals surface area contributed by atoms with Crippen molar-refractivity contribution in [2.24, 2.45) is 5.92 Å². The molecule has 1 aliphatic rings. The summed E-state index contributed by atoms with van der Waals surface area (Å²) >= 11 is 3.25. The molecule has 0 aromatic carbocycles. The Balaban J connectivity index is 1.89. The Labute approximate surface area is 109 Å². The summed E-state index contributed by atoms with van der Waals surface area (Å²) in [5.41, 5.74) is 0.436. The molecule has 4 nitrogen and oxygen atoms in total. The molecule has 2 atom stereocenters. The van der Waals surface area contributed by atoms with Crippen molar-refractivity contribution >= 4 is 21.8 Å². The summed E-state index contributed by atoms with van der Waals surface area (Å²) in [4.78, 5) is 15.9. The molecule has 0 radical (unpaired) electrons.